The van der Waals surface area contributed by atoms with Crippen molar-refractivity contribution in [2.45, 2.75) is 19.4 Å². The first-order valence-electron chi connectivity index (χ1n) is 9.54. The predicted octanol–water partition coefficient (Wildman–Crippen LogP) is 3.43. The van der Waals surface area contributed by atoms with E-state index in [1.54, 1.807) is 17.7 Å². The molecule has 1 aliphatic rings. The van der Waals surface area contributed by atoms with Gasteiger partial charge in [0.05, 0.1) is 25.1 Å². The molecule has 2 aromatic carbocycles. The standard InChI is InChI=1S/C24H21N3O3/c1-15-12-20-22(24(28)27(15)14-17-10-6-7-11-19(17)29-2)21(16-8-4-3-5-9-16)18(13-25)23(26)30-20/h3-12,21H,14,26H2,1-2H3/t21-/m1/s1. The Labute approximate surface area is 174 Å². The van der Waals surface area contributed by atoms with Crippen LogP contribution in [0.5, 0.6) is 11.5 Å². The summed E-state index contributed by atoms with van der Waals surface area (Å²) in [7, 11) is 1.60. The van der Waals surface area contributed by atoms with Gasteiger partial charge in [0.25, 0.3) is 5.56 Å². The van der Waals surface area contributed by atoms with E-state index in [0.29, 0.717) is 23.6 Å². The number of methoxy groups -OCH3 is 1. The molecule has 6 nitrogen and oxygen atoms in total. The van der Waals surface area contributed by atoms with Gasteiger partial charge in [-0.05, 0) is 18.6 Å². The van der Waals surface area contributed by atoms with E-state index >= 15 is 0 Å². The molecular weight excluding hydrogens is 378 g/mol. The fraction of sp³-hybridized carbons (Fsp3) is 0.167. The van der Waals surface area contributed by atoms with Crippen molar-refractivity contribution in [1.29, 1.82) is 5.26 Å². The minimum Gasteiger partial charge on any atom is -0.496 e. The summed E-state index contributed by atoms with van der Waals surface area (Å²) in [5.74, 6) is 0.537. The Morgan fingerprint density at radius 1 is 1.17 bits per heavy atom. The number of hydrogen-bond donors (Lipinski definition) is 1. The highest BCUT2D eigenvalue weighted by Gasteiger charge is 2.34. The average Bonchev–Trinajstić information content (AvgIpc) is 2.76. The van der Waals surface area contributed by atoms with Crippen molar-refractivity contribution in [1.82, 2.24) is 4.57 Å². The number of hydrogen-bond acceptors (Lipinski definition) is 5. The van der Waals surface area contributed by atoms with E-state index < -0.39 is 5.92 Å². The SMILES string of the molecule is COc1ccccc1Cn1c(C)cc2c(c1=O)[C@H](c1ccccc1)C(C#N)=C(N)O2. The Morgan fingerprint density at radius 3 is 2.57 bits per heavy atom. The summed E-state index contributed by atoms with van der Waals surface area (Å²) in [6.45, 7) is 2.18. The molecule has 1 aliphatic heterocycles. The normalized spacial score (nSPS) is 15.2. The molecule has 0 unspecified atom stereocenters. The molecule has 0 amide bonds. The minimum atomic E-state index is -0.586. The van der Waals surface area contributed by atoms with Gasteiger partial charge in [0, 0.05) is 17.3 Å². The van der Waals surface area contributed by atoms with Gasteiger partial charge in [-0.2, -0.15) is 5.26 Å². The van der Waals surface area contributed by atoms with Gasteiger partial charge in [0.2, 0.25) is 5.88 Å². The van der Waals surface area contributed by atoms with Crippen LogP contribution in [0.15, 0.2) is 76.9 Å². The first-order valence-corrected chi connectivity index (χ1v) is 9.54. The second-order valence-electron chi connectivity index (χ2n) is 7.10. The van der Waals surface area contributed by atoms with E-state index in [4.69, 9.17) is 15.2 Å². The monoisotopic (exact) mass is 399 g/mol. The summed E-state index contributed by atoms with van der Waals surface area (Å²) in [4.78, 5) is 13.7. The summed E-state index contributed by atoms with van der Waals surface area (Å²) in [6.07, 6.45) is 0. The number of fused-ring (bicyclic) bond motifs is 1. The summed E-state index contributed by atoms with van der Waals surface area (Å²) < 4.78 is 12.8. The van der Waals surface area contributed by atoms with Gasteiger partial charge in [0.1, 0.15) is 23.1 Å². The Bertz CT molecular complexity index is 1240. The summed E-state index contributed by atoms with van der Waals surface area (Å²) in [5.41, 5.74) is 8.89. The van der Waals surface area contributed by atoms with Crippen molar-refractivity contribution in [3.63, 3.8) is 0 Å². The maximum atomic E-state index is 13.7. The zero-order chi connectivity index (χ0) is 21.3. The maximum Gasteiger partial charge on any atom is 0.259 e. The Hall–Kier alpha value is -3.98. The average molecular weight is 399 g/mol. The highest BCUT2D eigenvalue weighted by Crippen LogP contribution is 2.40. The molecule has 3 aromatic rings. The smallest absolute Gasteiger partial charge is 0.259 e. The molecule has 1 aromatic heterocycles. The van der Waals surface area contributed by atoms with E-state index in [1.165, 1.54) is 0 Å². The van der Waals surface area contributed by atoms with E-state index in [2.05, 4.69) is 6.07 Å². The summed E-state index contributed by atoms with van der Waals surface area (Å²) in [5, 5.41) is 9.74. The molecule has 0 saturated heterocycles. The second-order valence-corrected chi connectivity index (χ2v) is 7.10. The fourth-order valence-electron chi connectivity index (χ4n) is 3.87. The molecule has 0 bridgehead atoms. The lowest BCUT2D eigenvalue weighted by Gasteiger charge is -2.27. The molecule has 0 spiro atoms. The molecule has 4 rings (SSSR count). The molecule has 0 fully saturated rings. The van der Waals surface area contributed by atoms with E-state index in [9.17, 15) is 10.1 Å². The summed E-state index contributed by atoms with van der Waals surface area (Å²) in [6, 6.07) is 20.9. The molecular formula is C24H21N3O3. The number of para-hydroxylation sites is 1. The van der Waals surface area contributed by atoms with Crippen LogP contribution in [0.2, 0.25) is 0 Å². The Morgan fingerprint density at radius 2 is 1.87 bits per heavy atom. The van der Waals surface area contributed by atoms with Gasteiger partial charge in [-0.15, -0.1) is 0 Å². The van der Waals surface area contributed by atoms with Crippen molar-refractivity contribution >= 4 is 0 Å². The molecule has 2 N–H and O–H groups in total. The molecule has 0 radical (unpaired) electrons. The number of aryl methyl sites for hydroxylation is 1. The van der Waals surface area contributed by atoms with Gasteiger partial charge in [-0.3, -0.25) is 4.79 Å². The topological polar surface area (TPSA) is 90.3 Å². The zero-order valence-electron chi connectivity index (χ0n) is 16.8. The number of benzene rings is 2. The van der Waals surface area contributed by atoms with Crippen LogP contribution in [0, 0.1) is 18.3 Å². The van der Waals surface area contributed by atoms with E-state index in [-0.39, 0.29) is 17.0 Å². The van der Waals surface area contributed by atoms with Gasteiger partial charge in [-0.1, -0.05) is 48.5 Å². The fourth-order valence-corrected chi connectivity index (χ4v) is 3.87. The number of nitrogens with two attached hydrogens (primary N) is 1. The van der Waals surface area contributed by atoms with Crippen LogP contribution in [-0.2, 0) is 6.54 Å². The number of aromatic nitrogens is 1. The van der Waals surface area contributed by atoms with Crippen LogP contribution in [0.1, 0.15) is 28.3 Å². The number of rotatable bonds is 4. The quantitative estimate of drug-likeness (QED) is 0.726. The molecule has 150 valence electrons. The first-order chi connectivity index (χ1) is 14.5. The van der Waals surface area contributed by atoms with Crippen LogP contribution in [0.25, 0.3) is 0 Å². The molecule has 0 aliphatic carbocycles. The van der Waals surface area contributed by atoms with Crippen LogP contribution < -0.4 is 20.8 Å². The van der Waals surface area contributed by atoms with E-state index in [1.807, 2.05) is 61.5 Å². The first kappa shape index (κ1) is 19.3. The Balaban J connectivity index is 1.92. The number of allylic oxidation sites excluding steroid dienone is 1. The third-order valence-electron chi connectivity index (χ3n) is 5.34. The van der Waals surface area contributed by atoms with Crippen LogP contribution >= 0.6 is 0 Å². The van der Waals surface area contributed by atoms with Crippen LogP contribution in [-0.4, -0.2) is 11.7 Å². The van der Waals surface area contributed by atoms with Gasteiger partial charge in [0.15, 0.2) is 0 Å². The Kier molecular flexibility index (Phi) is 5.03. The predicted molar refractivity (Wildman–Crippen MR) is 113 cm³/mol. The highest BCUT2D eigenvalue weighted by atomic mass is 16.5. The van der Waals surface area contributed by atoms with Gasteiger partial charge >= 0.3 is 0 Å². The molecule has 6 heteroatoms. The van der Waals surface area contributed by atoms with Gasteiger partial charge in [-0.25, -0.2) is 0 Å². The molecule has 30 heavy (non-hydrogen) atoms. The number of nitrogens with zero attached hydrogens (tertiary/aromatic N) is 2. The van der Waals surface area contributed by atoms with Gasteiger partial charge < -0.3 is 19.8 Å². The van der Waals surface area contributed by atoms with Crippen molar-refractivity contribution in [2.24, 2.45) is 5.73 Å². The lowest BCUT2D eigenvalue weighted by molar-refractivity contribution is 0.388. The molecule has 0 saturated carbocycles. The second kappa shape index (κ2) is 7.80. The van der Waals surface area contributed by atoms with Crippen LogP contribution in [0.4, 0.5) is 0 Å². The van der Waals surface area contributed by atoms with Crippen molar-refractivity contribution in [3.8, 4) is 17.6 Å². The third-order valence-corrected chi connectivity index (χ3v) is 5.34. The zero-order valence-corrected chi connectivity index (χ0v) is 16.8. The number of pyridine rings is 1. The van der Waals surface area contributed by atoms with E-state index in [0.717, 1.165) is 16.8 Å². The third kappa shape index (κ3) is 3.20. The molecule has 2 heterocycles. The molecule has 1 atom stereocenters. The maximum absolute atomic E-state index is 13.7. The largest absolute Gasteiger partial charge is 0.496 e. The number of nitriles is 1. The van der Waals surface area contributed by atoms with Crippen molar-refractivity contribution in [3.05, 3.63) is 105 Å². The lowest BCUT2D eigenvalue weighted by Crippen LogP contribution is -2.33. The minimum absolute atomic E-state index is 0.0279. The number of ether oxygens (including phenoxy) is 2. The lowest BCUT2D eigenvalue weighted by atomic mass is 9.84. The van der Waals surface area contributed by atoms with Crippen LogP contribution in [0.3, 0.4) is 0 Å². The van der Waals surface area contributed by atoms with Crippen molar-refractivity contribution < 1.29 is 9.47 Å². The highest BCUT2D eigenvalue weighted by molar-refractivity contribution is 5.55. The summed E-state index contributed by atoms with van der Waals surface area (Å²) >= 11 is 0. The van der Waals surface area contributed by atoms with Crippen molar-refractivity contribution in [2.75, 3.05) is 7.11 Å².